The molecular weight excluding hydrogens is 465 g/mol. The van der Waals surface area contributed by atoms with Gasteiger partial charge in [0, 0.05) is 10.6 Å². The van der Waals surface area contributed by atoms with E-state index >= 15 is 0 Å². The molecule has 0 spiro atoms. The molecule has 0 aliphatic rings. The maximum Gasteiger partial charge on any atom is 0.418 e. The summed E-state index contributed by atoms with van der Waals surface area (Å²) in [5.41, 5.74) is -0.403. The van der Waals surface area contributed by atoms with Crippen LogP contribution in [0.25, 0.3) is 0 Å². The minimum absolute atomic E-state index is 0.0248. The highest BCUT2D eigenvalue weighted by atomic mass is 35.5. The van der Waals surface area contributed by atoms with Gasteiger partial charge in [0.1, 0.15) is 0 Å². The zero-order valence-electron chi connectivity index (χ0n) is 16.7. The van der Waals surface area contributed by atoms with E-state index in [1.165, 1.54) is 36.4 Å². The van der Waals surface area contributed by atoms with Crippen LogP contribution in [0.4, 0.5) is 24.5 Å². The Labute approximate surface area is 188 Å². The first kappa shape index (κ1) is 23.6. The molecular formula is C22H18ClF3N2O3S. The Kier molecular flexibility index (Phi) is 6.80. The monoisotopic (exact) mass is 482 g/mol. The number of amides is 1. The second-order valence-electron chi connectivity index (χ2n) is 6.91. The number of benzene rings is 3. The Morgan fingerprint density at radius 1 is 0.969 bits per heavy atom. The summed E-state index contributed by atoms with van der Waals surface area (Å²) in [5.74, 6) is -0.759. The molecule has 3 aromatic rings. The standard InChI is InChI=1S/C22H18ClF3N2O3S/c1-32(30,31)28(14-16-6-2-4-8-19(16)23)17-12-10-15(11-13-17)21(29)27-20-9-5-3-7-18(20)22(24,25)26/h2-13H,14H2,1H3,(H,27,29). The number of nitrogens with one attached hydrogen (secondary N) is 1. The van der Waals surface area contributed by atoms with Crippen molar-refractivity contribution in [1.29, 1.82) is 0 Å². The minimum atomic E-state index is -4.62. The van der Waals surface area contributed by atoms with E-state index in [4.69, 9.17) is 11.6 Å². The van der Waals surface area contributed by atoms with Crippen LogP contribution < -0.4 is 9.62 Å². The highest BCUT2D eigenvalue weighted by molar-refractivity contribution is 7.92. The predicted molar refractivity (Wildman–Crippen MR) is 118 cm³/mol. The fraction of sp³-hybridized carbons (Fsp3) is 0.136. The van der Waals surface area contributed by atoms with Crippen molar-refractivity contribution in [2.24, 2.45) is 0 Å². The molecule has 0 aliphatic heterocycles. The predicted octanol–water partition coefficient (Wildman–Crippen LogP) is 5.58. The summed E-state index contributed by atoms with van der Waals surface area (Å²) in [6.07, 6.45) is -3.58. The molecule has 1 N–H and O–H groups in total. The Morgan fingerprint density at radius 2 is 1.56 bits per heavy atom. The van der Waals surface area contributed by atoms with E-state index in [0.29, 0.717) is 10.6 Å². The number of sulfonamides is 1. The van der Waals surface area contributed by atoms with Gasteiger partial charge in [-0.05, 0) is 48.0 Å². The third-order valence-electron chi connectivity index (χ3n) is 4.57. The number of rotatable bonds is 6. The van der Waals surface area contributed by atoms with Crippen LogP contribution in [0, 0.1) is 0 Å². The number of halogens is 4. The quantitative estimate of drug-likeness (QED) is 0.499. The van der Waals surface area contributed by atoms with E-state index in [1.807, 2.05) is 0 Å². The number of hydrogen-bond donors (Lipinski definition) is 1. The number of carbonyl (C=O) groups excluding carboxylic acids is 1. The van der Waals surface area contributed by atoms with E-state index in [9.17, 15) is 26.4 Å². The van der Waals surface area contributed by atoms with Crippen LogP contribution in [0.5, 0.6) is 0 Å². The molecule has 0 heterocycles. The third kappa shape index (κ3) is 5.60. The van der Waals surface area contributed by atoms with Gasteiger partial charge >= 0.3 is 6.18 Å². The van der Waals surface area contributed by atoms with Gasteiger partial charge in [0.25, 0.3) is 5.91 Å². The fourth-order valence-electron chi connectivity index (χ4n) is 2.99. The molecule has 32 heavy (non-hydrogen) atoms. The molecule has 0 atom stereocenters. The van der Waals surface area contributed by atoms with Gasteiger partial charge in [0.05, 0.1) is 29.7 Å². The molecule has 1 amide bonds. The van der Waals surface area contributed by atoms with Crippen LogP contribution in [0.15, 0.2) is 72.8 Å². The molecule has 0 aromatic heterocycles. The lowest BCUT2D eigenvalue weighted by Gasteiger charge is -2.23. The van der Waals surface area contributed by atoms with Crippen molar-refractivity contribution < 1.29 is 26.4 Å². The zero-order valence-corrected chi connectivity index (χ0v) is 18.3. The lowest BCUT2D eigenvalue weighted by Crippen LogP contribution is -2.29. The van der Waals surface area contributed by atoms with Gasteiger partial charge in [-0.3, -0.25) is 9.10 Å². The number of hydrogen-bond acceptors (Lipinski definition) is 3. The van der Waals surface area contributed by atoms with Crippen molar-refractivity contribution in [3.8, 4) is 0 Å². The Bertz CT molecular complexity index is 1230. The minimum Gasteiger partial charge on any atom is -0.321 e. The van der Waals surface area contributed by atoms with Crippen molar-refractivity contribution >= 4 is 38.9 Å². The van der Waals surface area contributed by atoms with E-state index in [0.717, 1.165) is 22.7 Å². The third-order valence-corrected chi connectivity index (χ3v) is 6.08. The second kappa shape index (κ2) is 9.22. The SMILES string of the molecule is CS(=O)(=O)N(Cc1ccccc1Cl)c1ccc(C(=O)Nc2ccccc2C(F)(F)F)cc1. The molecule has 0 aliphatic carbocycles. The van der Waals surface area contributed by atoms with Gasteiger partial charge in [0.2, 0.25) is 10.0 Å². The van der Waals surface area contributed by atoms with Crippen molar-refractivity contribution in [3.63, 3.8) is 0 Å². The summed E-state index contributed by atoms with van der Waals surface area (Å²) in [5, 5.41) is 2.65. The van der Waals surface area contributed by atoms with Crippen LogP contribution >= 0.6 is 11.6 Å². The summed E-state index contributed by atoms with van der Waals surface area (Å²) < 4.78 is 65.2. The van der Waals surface area contributed by atoms with Crippen LogP contribution in [0.2, 0.25) is 5.02 Å². The fourth-order valence-corrected chi connectivity index (χ4v) is 4.07. The van der Waals surface area contributed by atoms with Crippen molar-refractivity contribution in [2.75, 3.05) is 15.9 Å². The maximum atomic E-state index is 13.1. The van der Waals surface area contributed by atoms with Gasteiger partial charge in [-0.1, -0.05) is 41.9 Å². The first-order valence-corrected chi connectivity index (χ1v) is 11.5. The molecule has 0 bridgehead atoms. The second-order valence-corrected chi connectivity index (χ2v) is 9.22. The molecule has 10 heteroatoms. The van der Waals surface area contributed by atoms with Crippen LogP contribution in [0.3, 0.4) is 0 Å². The molecule has 168 valence electrons. The van der Waals surface area contributed by atoms with Crippen LogP contribution in [0.1, 0.15) is 21.5 Å². The molecule has 0 unspecified atom stereocenters. The number of para-hydroxylation sites is 1. The lowest BCUT2D eigenvalue weighted by atomic mass is 10.1. The van der Waals surface area contributed by atoms with E-state index in [2.05, 4.69) is 5.32 Å². The van der Waals surface area contributed by atoms with Gasteiger partial charge < -0.3 is 5.32 Å². The van der Waals surface area contributed by atoms with Gasteiger partial charge in [-0.25, -0.2) is 8.42 Å². The van der Waals surface area contributed by atoms with Crippen molar-refractivity contribution in [3.05, 3.63) is 94.5 Å². The summed E-state index contributed by atoms with van der Waals surface area (Å²) in [4.78, 5) is 12.5. The lowest BCUT2D eigenvalue weighted by molar-refractivity contribution is -0.136. The normalized spacial score (nSPS) is 11.8. The number of alkyl halides is 3. The van der Waals surface area contributed by atoms with Gasteiger partial charge in [-0.15, -0.1) is 0 Å². The van der Waals surface area contributed by atoms with E-state index < -0.39 is 27.7 Å². The van der Waals surface area contributed by atoms with Crippen molar-refractivity contribution in [1.82, 2.24) is 0 Å². The topological polar surface area (TPSA) is 66.5 Å². The average Bonchev–Trinajstić information content (AvgIpc) is 2.72. The summed E-state index contributed by atoms with van der Waals surface area (Å²) in [7, 11) is -3.69. The Hall–Kier alpha value is -3.04. The van der Waals surface area contributed by atoms with Crippen molar-refractivity contribution in [2.45, 2.75) is 12.7 Å². The summed E-state index contributed by atoms with van der Waals surface area (Å²) in [6.45, 7) is -0.0248. The number of nitrogens with zero attached hydrogens (tertiary/aromatic N) is 1. The maximum absolute atomic E-state index is 13.1. The first-order chi connectivity index (χ1) is 15.0. The molecule has 0 fully saturated rings. The van der Waals surface area contributed by atoms with E-state index in [1.54, 1.807) is 24.3 Å². The average molecular weight is 483 g/mol. The number of carbonyl (C=O) groups is 1. The molecule has 0 saturated carbocycles. The molecule has 0 radical (unpaired) electrons. The van der Waals surface area contributed by atoms with Crippen LogP contribution in [-0.2, 0) is 22.7 Å². The summed E-state index contributed by atoms with van der Waals surface area (Å²) >= 11 is 6.14. The highest BCUT2D eigenvalue weighted by Crippen LogP contribution is 2.34. The largest absolute Gasteiger partial charge is 0.418 e. The summed E-state index contributed by atoms with van der Waals surface area (Å²) in [6, 6.07) is 16.9. The Morgan fingerprint density at radius 3 is 2.16 bits per heavy atom. The molecule has 5 nitrogen and oxygen atoms in total. The molecule has 3 aromatic carbocycles. The Balaban J connectivity index is 1.85. The molecule has 3 rings (SSSR count). The van der Waals surface area contributed by atoms with Crippen LogP contribution in [-0.4, -0.2) is 20.6 Å². The van der Waals surface area contributed by atoms with Gasteiger partial charge in [-0.2, -0.15) is 13.2 Å². The number of anilines is 2. The smallest absolute Gasteiger partial charge is 0.321 e. The molecule has 0 saturated heterocycles. The zero-order chi connectivity index (χ0) is 23.5. The van der Waals surface area contributed by atoms with E-state index in [-0.39, 0.29) is 23.5 Å². The highest BCUT2D eigenvalue weighted by Gasteiger charge is 2.33. The van der Waals surface area contributed by atoms with Gasteiger partial charge in [0.15, 0.2) is 0 Å². The first-order valence-electron chi connectivity index (χ1n) is 9.25.